The van der Waals surface area contributed by atoms with Gasteiger partial charge in [-0.05, 0) is 31.9 Å². The summed E-state index contributed by atoms with van der Waals surface area (Å²) in [5.74, 6) is -3.56. The van der Waals surface area contributed by atoms with Crippen molar-refractivity contribution >= 4 is 23.6 Å². The van der Waals surface area contributed by atoms with E-state index in [0.717, 1.165) is 4.90 Å². The summed E-state index contributed by atoms with van der Waals surface area (Å²) in [6, 6.07) is 4.56. The van der Waals surface area contributed by atoms with Gasteiger partial charge in [-0.15, -0.1) is 0 Å². The van der Waals surface area contributed by atoms with Crippen molar-refractivity contribution < 1.29 is 32.3 Å². The van der Waals surface area contributed by atoms with Crippen molar-refractivity contribution in [3.8, 4) is 0 Å². The number of hydrogen-bond acceptors (Lipinski definition) is 4. The monoisotopic (exact) mass is 397 g/mol. The van der Waals surface area contributed by atoms with Gasteiger partial charge in [0.1, 0.15) is 6.04 Å². The summed E-state index contributed by atoms with van der Waals surface area (Å²) < 4.78 is 37.0. The number of likely N-dealkylation sites (tertiary alicyclic amines) is 1. The van der Waals surface area contributed by atoms with Crippen LogP contribution in [0.4, 0.5) is 13.2 Å². The van der Waals surface area contributed by atoms with Gasteiger partial charge in [0.15, 0.2) is 0 Å². The van der Waals surface area contributed by atoms with Crippen LogP contribution in [-0.4, -0.2) is 64.8 Å². The number of rotatable bonds is 3. The van der Waals surface area contributed by atoms with E-state index in [1.54, 1.807) is 12.1 Å². The van der Waals surface area contributed by atoms with Crippen LogP contribution in [0.15, 0.2) is 24.3 Å². The lowest BCUT2D eigenvalue weighted by atomic mass is 10.0. The topological polar surface area (TPSA) is 86.8 Å². The molecule has 2 heterocycles. The van der Waals surface area contributed by atoms with Gasteiger partial charge in [-0.3, -0.25) is 24.1 Å². The van der Waals surface area contributed by atoms with E-state index in [-0.39, 0.29) is 37.1 Å². The van der Waals surface area contributed by atoms with Crippen LogP contribution in [0.25, 0.3) is 0 Å². The zero-order valence-corrected chi connectivity index (χ0v) is 15.0. The molecule has 1 atom stereocenters. The molecule has 1 fully saturated rings. The molecule has 0 radical (unpaired) electrons. The molecule has 1 aromatic rings. The number of carbonyl (C=O) groups excluding carboxylic acids is 4. The van der Waals surface area contributed by atoms with Crippen molar-refractivity contribution in [3.05, 3.63) is 35.4 Å². The Kier molecular flexibility index (Phi) is 5.14. The van der Waals surface area contributed by atoms with Crippen LogP contribution in [0.3, 0.4) is 0 Å². The number of nitrogens with one attached hydrogen (secondary N) is 1. The Labute approximate surface area is 158 Å². The minimum Gasteiger partial charge on any atom is -0.345 e. The maximum absolute atomic E-state index is 12.7. The lowest BCUT2D eigenvalue weighted by molar-refractivity contribution is -0.174. The fourth-order valence-electron chi connectivity index (χ4n) is 3.45. The SMILES string of the molecule is CC(C(=O)N1CCC(NC(=O)C(F)(F)F)CC1)N1C(=O)c2ccccc2C1=O. The molecule has 0 saturated carbocycles. The number of halogens is 3. The number of piperidine rings is 1. The van der Waals surface area contributed by atoms with E-state index in [0.29, 0.717) is 0 Å². The molecule has 1 aromatic carbocycles. The number of benzene rings is 1. The summed E-state index contributed by atoms with van der Waals surface area (Å²) in [7, 11) is 0. The quantitative estimate of drug-likeness (QED) is 0.780. The maximum Gasteiger partial charge on any atom is 0.471 e. The first kappa shape index (κ1) is 19.8. The van der Waals surface area contributed by atoms with Crippen LogP contribution < -0.4 is 5.32 Å². The van der Waals surface area contributed by atoms with Gasteiger partial charge in [0.2, 0.25) is 5.91 Å². The highest BCUT2D eigenvalue weighted by Gasteiger charge is 2.43. The fourth-order valence-corrected chi connectivity index (χ4v) is 3.45. The molecule has 1 unspecified atom stereocenters. The molecule has 28 heavy (non-hydrogen) atoms. The summed E-state index contributed by atoms with van der Waals surface area (Å²) in [6.45, 7) is 1.69. The van der Waals surface area contributed by atoms with Crippen LogP contribution in [0.1, 0.15) is 40.5 Å². The molecule has 2 aliphatic heterocycles. The lowest BCUT2D eigenvalue weighted by Crippen LogP contribution is -2.54. The summed E-state index contributed by atoms with van der Waals surface area (Å²) in [5.41, 5.74) is 0.474. The van der Waals surface area contributed by atoms with Gasteiger partial charge < -0.3 is 10.2 Å². The molecular weight excluding hydrogens is 379 g/mol. The van der Waals surface area contributed by atoms with Crippen LogP contribution in [0.2, 0.25) is 0 Å². The number of fused-ring (bicyclic) bond motifs is 1. The highest BCUT2D eigenvalue weighted by Crippen LogP contribution is 2.26. The fraction of sp³-hybridized carbons (Fsp3) is 0.444. The second-order valence-corrected chi connectivity index (χ2v) is 6.77. The average Bonchev–Trinajstić information content (AvgIpc) is 2.91. The Morgan fingerprint density at radius 2 is 1.57 bits per heavy atom. The Morgan fingerprint density at radius 3 is 2.04 bits per heavy atom. The smallest absolute Gasteiger partial charge is 0.345 e. The molecule has 150 valence electrons. The minimum atomic E-state index is -4.95. The number of carbonyl (C=O) groups is 4. The predicted molar refractivity (Wildman–Crippen MR) is 90.2 cm³/mol. The van der Waals surface area contributed by atoms with E-state index in [1.165, 1.54) is 24.0 Å². The molecule has 10 heteroatoms. The number of nitrogens with zero attached hydrogens (tertiary/aromatic N) is 2. The largest absolute Gasteiger partial charge is 0.471 e. The third kappa shape index (κ3) is 3.58. The second-order valence-electron chi connectivity index (χ2n) is 6.77. The molecule has 2 aliphatic rings. The van der Waals surface area contributed by atoms with Crippen molar-refractivity contribution in [3.63, 3.8) is 0 Å². The van der Waals surface area contributed by atoms with Crippen LogP contribution in [-0.2, 0) is 9.59 Å². The van der Waals surface area contributed by atoms with E-state index >= 15 is 0 Å². The number of imide groups is 1. The normalized spacial score (nSPS) is 18.9. The van der Waals surface area contributed by atoms with Gasteiger partial charge in [0.25, 0.3) is 11.8 Å². The molecule has 1 saturated heterocycles. The summed E-state index contributed by atoms with van der Waals surface area (Å²) >= 11 is 0. The third-order valence-corrected chi connectivity index (χ3v) is 4.97. The van der Waals surface area contributed by atoms with Crippen LogP contribution in [0.5, 0.6) is 0 Å². The Bertz CT molecular complexity index is 797. The molecular formula is C18H18F3N3O4. The maximum atomic E-state index is 12.7. The summed E-state index contributed by atoms with van der Waals surface area (Å²) in [5, 5.41) is 1.91. The summed E-state index contributed by atoms with van der Waals surface area (Å²) in [6.07, 6.45) is -4.64. The standard InChI is InChI=1S/C18H18F3N3O4/c1-10(24-15(26)12-4-2-3-5-13(12)16(24)27)14(25)23-8-6-11(7-9-23)22-17(28)18(19,20)21/h2-5,10-11H,6-9H2,1H3,(H,22,28). The zero-order valence-electron chi connectivity index (χ0n) is 15.0. The van der Waals surface area contributed by atoms with Gasteiger partial charge in [0.05, 0.1) is 11.1 Å². The summed E-state index contributed by atoms with van der Waals surface area (Å²) in [4.78, 5) is 51.0. The van der Waals surface area contributed by atoms with E-state index in [9.17, 15) is 32.3 Å². The van der Waals surface area contributed by atoms with E-state index in [1.807, 2.05) is 5.32 Å². The molecule has 0 aliphatic carbocycles. The predicted octanol–water partition coefficient (Wildman–Crippen LogP) is 1.34. The Hall–Kier alpha value is -2.91. The molecule has 3 rings (SSSR count). The lowest BCUT2D eigenvalue weighted by Gasteiger charge is -2.35. The first-order valence-corrected chi connectivity index (χ1v) is 8.74. The minimum absolute atomic E-state index is 0.120. The zero-order chi connectivity index (χ0) is 20.6. The molecule has 4 amide bonds. The Morgan fingerprint density at radius 1 is 1.07 bits per heavy atom. The van der Waals surface area contributed by atoms with Crippen LogP contribution >= 0.6 is 0 Å². The van der Waals surface area contributed by atoms with E-state index < -0.39 is 41.9 Å². The van der Waals surface area contributed by atoms with Gasteiger partial charge in [-0.25, -0.2) is 0 Å². The van der Waals surface area contributed by atoms with Crippen molar-refractivity contribution in [1.29, 1.82) is 0 Å². The highest BCUT2D eigenvalue weighted by molar-refractivity contribution is 6.22. The van der Waals surface area contributed by atoms with Crippen molar-refractivity contribution in [2.45, 2.75) is 38.0 Å². The van der Waals surface area contributed by atoms with Gasteiger partial charge in [-0.2, -0.15) is 13.2 Å². The highest BCUT2D eigenvalue weighted by atomic mass is 19.4. The van der Waals surface area contributed by atoms with Gasteiger partial charge >= 0.3 is 12.1 Å². The Balaban J connectivity index is 1.61. The molecule has 0 bridgehead atoms. The van der Waals surface area contributed by atoms with Crippen molar-refractivity contribution in [2.75, 3.05) is 13.1 Å². The van der Waals surface area contributed by atoms with E-state index in [4.69, 9.17) is 0 Å². The number of hydrogen-bond donors (Lipinski definition) is 1. The van der Waals surface area contributed by atoms with Gasteiger partial charge in [0, 0.05) is 19.1 Å². The number of amides is 4. The van der Waals surface area contributed by atoms with Crippen molar-refractivity contribution in [1.82, 2.24) is 15.1 Å². The second kappa shape index (κ2) is 7.25. The molecule has 0 aromatic heterocycles. The van der Waals surface area contributed by atoms with E-state index in [2.05, 4.69) is 0 Å². The van der Waals surface area contributed by atoms with Gasteiger partial charge in [-0.1, -0.05) is 12.1 Å². The third-order valence-electron chi connectivity index (χ3n) is 4.97. The first-order valence-electron chi connectivity index (χ1n) is 8.74. The molecule has 0 spiro atoms. The van der Waals surface area contributed by atoms with Crippen molar-refractivity contribution in [2.24, 2.45) is 0 Å². The average molecular weight is 397 g/mol. The van der Waals surface area contributed by atoms with Crippen LogP contribution in [0, 0.1) is 0 Å². The number of alkyl halides is 3. The molecule has 7 nitrogen and oxygen atoms in total. The first-order chi connectivity index (χ1) is 13.1. The molecule has 1 N–H and O–H groups in total.